The van der Waals surface area contributed by atoms with Crippen LogP contribution in [-0.4, -0.2) is 74.9 Å². The fourth-order valence-electron chi connectivity index (χ4n) is 7.99. The highest BCUT2D eigenvalue weighted by atomic mass is 31.2. The monoisotopic (exact) mass is 1100 g/mol. The van der Waals surface area contributed by atoms with E-state index in [-0.39, 0.29) is 32.0 Å². The molecular formula is C68H115NO8P+. The van der Waals surface area contributed by atoms with Crippen molar-refractivity contribution in [1.29, 1.82) is 0 Å². The van der Waals surface area contributed by atoms with Crippen LogP contribution < -0.4 is 0 Å². The number of rotatable bonds is 55. The molecule has 78 heavy (non-hydrogen) atoms. The SMILES string of the molecule is CC/C=C\C/C=C\C/C=C\C/C=C\C/C=C\C/C=C\C/C=C\CCCCCCCCCC(=O)OC(COC(=O)CCCCCCCCCCCCCC/C=C\C/C=C\C/C=C\C/C=C\CC)COP(=O)(O)OCC[N+](C)(C)C. The van der Waals surface area contributed by atoms with Crippen molar-refractivity contribution in [3.63, 3.8) is 0 Å². The van der Waals surface area contributed by atoms with E-state index in [1.165, 1.54) is 83.5 Å². The molecule has 0 aliphatic heterocycles. The zero-order valence-corrected chi connectivity index (χ0v) is 51.2. The van der Waals surface area contributed by atoms with Gasteiger partial charge < -0.3 is 18.9 Å². The Morgan fingerprint density at radius 2 is 0.692 bits per heavy atom. The maximum Gasteiger partial charge on any atom is 0.472 e. The molecule has 0 radical (unpaired) electrons. The van der Waals surface area contributed by atoms with Gasteiger partial charge in [-0.05, 0) is 109 Å². The highest BCUT2D eigenvalue weighted by Gasteiger charge is 2.27. The first-order chi connectivity index (χ1) is 38.0. The Morgan fingerprint density at radius 3 is 1.03 bits per heavy atom. The number of carbonyl (C=O) groups excluding carboxylic acids is 2. The van der Waals surface area contributed by atoms with Crippen molar-refractivity contribution < 1.29 is 42.1 Å². The fourth-order valence-corrected chi connectivity index (χ4v) is 8.73. The number of allylic oxidation sites excluding steroid dienone is 22. The molecule has 0 rings (SSSR count). The summed E-state index contributed by atoms with van der Waals surface area (Å²) >= 11 is 0. The number of unbranched alkanes of at least 4 members (excludes halogenated alkanes) is 19. The van der Waals surface area contributed by atoms with Crippen LogP contribution in [-0.2, 0) is 32.7 Å². The van der Waals surface area contributed by atoms with E-state index in [9.17, 15) is 19.0 Å². The summed E-state index contributed by atoms with van der Waals surface area (Å²) < 4.78 is 34.6. The molecule has 0 amide bonds. The van der Waals surface area contributed by atoms with Crippen LogP contribution in [0.15, 0.2) is 134 Å². The Morgan fingerprint density at radius 1 is 0.397 bits per heavy atom. The molecule has 444 valence electrons. The van der Waals surface area contributed by atoms with Gasteiger partial charge in [0.1, 0.15) is 19.8 Å². The summed E-state index contributed by atoms with van der Waals surface area (Å²) in [6.45, 7) is 4.18. The van der Waals surface area contributed by atoms with Crippen LogP contribution in [0.3, 0.4) is 0 Å². The zero-order valence-electron chi connectivity index (χ0n) is 50.3. The standard InChI is InChI=1S/C68H114NO8P/c1-6-8-10-12-14-16-18-20-22-24-26-28-30-32-33-34-35-37-39-41-43-45-47-49-51-53-55-57-59-61-68(71)77-66(65-76-78(72,73)75-63-62-69(3,4)5)64-74-67(70)60-58-56-54-52-50-48-46-44-42-40-38-36-31-29-27-25-23-21-19-17-15-13-11-9-7-2/h8-11,14-17,20-23,26-29,32-33,35,37,41,43,66H,6-7,12-13,18-19,24-25,30-31,34,36,38-40,42,44-65H2,1-5H3/p+1/b10-8-,11-9-,16-14-,17-15-,22-20-,23-21-,28-26-,29-27-,33-32-,37-35-,43-41-. The minimum Gasteiger partial charge on any atom is -0.462 e. The molecular weight excluding hydrogens is 990 g/mol. The Hall–Kier alpha value is -3.85. The molecule has 0 saturated carbocycles. The summed E-state index contributed by atoms with van der Waals surface area (Å²) in [6, 6.07) is 0. The van der Waals surface area contributed by atoms with Crippen molar-refractivity contribution in [2.24, 2.45) is 0 Å². The zero-order chi connectivity index (χ0) is 57.0. The average Bonchev–Trinajstić information content (AvgIpc) is 3.41. The highest BCUT2D eigenvalue weighted by Crippen LogP contribution is 2.43. The van der Waals surface area contributed by atoms with Crippen molar-refractivity contribution >= 4 is 19.8 Å². The first kappa shape index (κ1) is 74.2. The number of phosphoric ester groups is 1. The predicted molar refractivity (Wildman–Crippen MR) is 334 cm³/mol. The van der Waals surface area contributed by atoms with E-state index >= 15 is 0 Å². The minimum absolute atomic E-state index is 0.0219. The Balaban J connectivity index is 4.20. The Bertz CT molecular complexity index is 1780. The van der Waals surface area contributed by atoms with Gasteiger partial charge in [0.2, 0.25) is 0 Å². The lowest BCUT2D eigenvalue weighted by molar-refractivity contribution is -0.870. The first-order valence-corrected chi connectivity index (χ1v) is 32.4. The van der Waals surface area contributed by atoms with Gasteiger partial charge in [0, 0.05) is 12.8 Å². The number of quaternary nitrogens is 1. The number of likely N-dealkylation sites (N-methyl/N-ethyl adjacent to an activating group) is 1. The molecule has 9 nitrogen and oxygen atoms in total. The van der Waals surface area contributed by atoms with Crippen LogP contribution in [0.5, 0.6) is 0 Å². The molecule has 2 atom stereocenters. The molecule has 0 bridgehead atoms. The van der Waals surface area contributed by atoms with Gasteiger partial charge in [-0.3, -0.25) is 18.6 Å². The van der Waals surface area contributed by atoms with E-state index < -0.39 is 26.5 Å². The smallest absolute Gasteiger partial charge is 0.462 e. The molecule has 0 aromatic rings. The van der Waals surface area contributed by atoms with E-state index in [4.69, 9.17) is 18.5 Å². The van der Waals surface area contributed by atoms with Gasteiger partial charge in [0.25, 0.3) is 0 Å². The third-order valence-electron chi connectivity index (χ3n) is 12.7. The number of hydrogen-bond donors (Lipinski definition) is 1. The summed E-state index contributed by atoms with van der Waals surface area (Å²) in [5, 5.41) is 0. The number of carbonyl (C=O) groups is 2. The van der Waals surface area contributed by atoms with E-state index in [2.05, 4.69) is 148 Å². The molecule has 0 aliphatic rings. The fraction of sp³-hybridized carbons (Fsp3) is 0.647. The molecule has 0 spiro atoms. The van der Waals surface area contributed by atoms with Crippen molar-refractivity contribution in [1.82, 2.24) is 0 Å². The number of esters is 2. The minimum atomic E-state index is -4.40. The van der Waals surface area contributed by atoms with Crippen LogP contribution in [0.25, 0.3) is 0 Å². The number of ether oxygens (including phenoxy) is 2. The summed E-state index contributed by atoms with van der Waals surface area (Å²) in [5.74, 6) is -0.819. The Labute approximate surface area is 479 Å². The van der Waals surface area contributed by atoms with Gasteiger partial charge >= 0.3 is 19.8 Å². The third-order valence-corrected chi connectivity index (χ3v) is 13.7. The second-order valence-electron chi connectivity index (χ2n) is 21.3. The van der Waals surface area contributed by atoms with Crippen LogP contribution in [0.1, 0.15) is 232 Å². The van der Waals surface area contributed by atoms with Crippen LogP contribution in [0, 0.1) is 0 Å². The van der Waals surface area contributed by atoms with Gasteiger partial charge in [-0.15, -0.1) is 0 Å². The molecule has 0 aromatic heterocycles. The summed E-state index contributed by atoms with van der Waals surface area (Å²) in [5.41, 5.74) is 0. The average molecular weight is 1110 g/mol. The maximum atomic E-state index is 12.8. The van der Waals surface area contributed by atoms with Gasteiger partial charge in [-0.2, -0.15) is 0 Å². The van der Waals surface area contributed by atoms with Crippen LogP contribution in [0.2, 0.25) is 0 Å². The molecule has 1 N–H and O–H groups in total. The van der Waals surface area contributed by atoms with Crippen LogP contribution >= 0.6 is 7.82 Å². The number of phosphoric acid groups is 1. The predicted octanol–water partition coefficient (Wildman–Crippen LogP) is 19.7. The second-order valence-corrected chi connectivity index (χ2v) is 22.8. The van der Waals surface area contributed by atoms with Crippen molar-refractivity contribution in [2.75, 3.05) is 47.5 Å². The topological polar surface area (TPSA) is 108 Å². The van der Waals surface area contributed by atoms with Crippen molar-refractivity contribution in [2.45, 2.75) is 238 Å². The molecule has 10 heteroatoms. The summed E-state index contributed by atoms with van der Waals surface area (Å²) in [4.78, 5) is 35.8. The second kappa shape index (κ2) is 57.8. The van der Waals surface area contributed by atoms with Crippen molar-refractivity contribution in [3.8, 4) is 0 Å². The van der Waals surface area contributed by atoms with Gasteiger partial charge in [-0.1, -0.05) is 244 Å². The summed E-state index contributed by atoms with van der Waals surface area (Å²) in [6.07, 6.45) is 83.8. The first-order valence-electron chi connectivity index (χ1n) is 30.9. The normalized spacial score (nSPS) is 14.2. The lowest BCUT2D eigenvalue weighted by atomic mass is 10.0. The van der Waals surface area contributed by atoms with Gasteiger partial charge in [0.15, 0.2) is 6.10 Å². The molecule has 0 aromatic carbocycles. The lowest BCUT2D eigenvalue weighted by Gasteiger charge is -2.24. The van der Waals surface area contributed by atoms with E-state index in [1.807, 2.05) is 21.1 Å². The number of hydrogen-bond acceptors (Lipinski definition) is 7. The number of nitrogens with zero attached hydrogens (tertiary/aromatic N) is 1. The summed E-state index contributed by atoms with van der Waals surface area (Å²) in [7, 11) is 1.45. The Kier molecular flexibility index (Phi) is 55.0. The van der Waals surface area contributed by atoms with E-state index in [0.29, 0.717) is 17.4 Å². The largest absolute Gasteiger partial charge is 0.472 e. The van der Waals surface area contributed by atoms with E-state index in [1.54, 1.807) is 0 Å². The maximum absolute atomic E-state index is 12.8. The van der Waals surface area contributed by atoms with Crippen molar-refractivity contribution in [3.05, 3.63) is 134 Å². The molecule has 0 heterocycles. The third kappa shape index (κ3) is 61.4. The molecule has 0 saturated heterocycles. The highest BCUT2D eigenvalue weighted by molar-refractivity contribution is 7.47. The molecule has 0 aliphatic carbocycles. The quantitative estimate of drug-likeness (QED) is 0.0211. The molecule has 2 unspecified atom stereocenters. The molecule has 0 fully saturated rings. The van der Waals surface area contributed by atoms with Gasteiger partial charge in [0.05, 0.1) is 27.7 Å². The van der Waals surface area contributed by atoms with E-state index in [0.717, 1.165) is 116 Å². The van der Waals surface area contributed by atoms with Gasteiger partial charge in [-0.25, -0.2) is 4.57 Å². The van der Waals surface area contributed by atoms with Crippen LogP contribution in [0.4, 0.5) is 0 Å². The lowest BCUT2D eigenvalue weighted by Crippen LogP contribution is -2.37.